The Morgan fingerprint density at radius 2 is 1.90 bits per heavy atom. The second-order valence-corrected chi connectivity index (χ2v) is 8.78. The van der Waals surface area contributed by atoms with E-state index < -0.39 is 5.97 Å². The van der Waals surface area contributed by atoms with Gasteiger partial charge in [-0.15, -0.1) is 0 Å². The Balaban J connectivity index is 0.00000341. The first-order valence-electron chi connectivity index (χ1n) is 11.2. The topological polar surface area (TPSA) is 65.5 Å². The maximum Gasteiger partial charge on any atom is 0.303 e. The van der Waals surface area contributed by atoms with Gasteiger partial charge in [-0.25, -0.2) is 4.58 Å². The number of aliphatic carboxylic acids is 1. The van der Waals surface area contributed by atoms with E-state index in [2.05, 4.69) is 67.9 Å². The largest absolute Gasteiger partial charge is 1.00 e. The summed E-state index contributed by atoms with van der Waals surface area (Å²) in [6.45, 7) is 11.7. The minimum Gasteiger partial charge on any atom is -1.00 e. The number of allylic oxidation sites excluding steroid dienone is 1. The van der Waals surface area contributed by atoms with Crippen molar-refractivity contribution in [3.05, 3.63) is 46.6 Å². The average Bonchev–Trinajstić information content (AvgIpc) is 2.69. The van der Waals surface area contributed by atoms with Gasteiger partial charge in [-0.05, 0) is 50.7 Å². The quantitative estimate of drug-likeness (QED) is 0.452. The van der Waals surface area contributed by atoms with Gasteiger partial charge >= 0.3 is 5.97 Å². The predicted molar refractivity (Wildman–Crippen MR) is 121 cm³/mol. The summed E-state index contributed by atoms with van der Waals surface area (Å²) in [4.78, 5) is 10.6. The number of fused-ring (bicyclic) bond motifs is 2. The van der Waals surface area contributed by atoms with Crippen LogP contribution in [0.15, 0.2) is 34.4 Å². The van der Waals surface area contributed by atoms with Gasteiger partial charge in [0.1, 0.15) is 24.6 Å². The molecule has 0 saturated heterocycles. The van der Waals surface area contributed by atoms with Gasteiger partial charge in [0, 0.05) is 41.9 Å². The highest BCUT2D eigenvalue weighted by atomic mass is 35.5. The average molecular weight is 447 g/mol. The van der Waals surface area contributed by atoms with E-state index >= 15 is 0 Å². The van der Waals surface area contributed by atoms with Gasteiger partial charge in [0.25, 0.3) is 0 Å². The maximum absolute atomic E-state index is 10.6. The molecule has 1 aliphatic heterocycles. The van der Waals surface area contributed by atoms with E-state index in [0.717, 1.165) is 62.4 Å². The van der Waals surface area contributed by atoms with Crippen LogP contribution in [0.1, 0.15) is 71.1 Å². The number of unbranched alkanes of at least 4 members (excludes halogenated alkanes) is 2. The minimum absolute atomic E-state index is 0. The molecule has 0 amide bonds. The molecule has 31 heavy (non-hydrogen) atoms. The van der Waals surface area contributed by atoms with Crippen LogP contribution in [-0.4, -0.2) is 30.7 Å². The molecule has 0 saturated carbocycles. The predicted octanol–water partition coefficient (Wildman–Crippen LogP) is 1.46. The molecule has 5 nitrogen and oxygen atoms in total. The van der Waals surface area contributed by atoms with Crippen LogP contribution in [0, 0.1) is 0 Å². The summed E-state index contributed by atoms with van der Waals surface area (Å²) in [5.74, 6) is 1.14. The van der Waals surface area contributed by atoms with Crippen LogP contribution >= 0.6 is 0 Å². The van der Waals surface area contributed by atoms with Crippen molar-refractivity contribution in [1.82, 2.24) is 9.89 Å². The monoisotopic (exact) mass is 446 g/mol. The summed E-state index contributed by atoms with van der Waals surface area (Å²) in [7, 11) is 0. The van der Waals surface area contributed by atoms with Crippen molar-refractivity contribution < 1.29 is 26.7 Å². The smallest absolute Gasteiger partial charge is 0.303 e. The highest BCUT2D eigenvalue weighted by Gasteiger charge is 2.31. The molecule has 0 spiro atoms. The van der Waals surface area contributed by atoms with E-state index in [1.54, 1.807) is 0 Å². The van der Waals surface area contributed by atoms with Crippen molar-refractivity contribution in [2.24, 2.45) is 0 Å². The van der Waals surface area contributed by atoms with Crippen LogP contribution in [0.3, 0.4) is 0 Å². The molecule has 2 aliphatic carbocycles. The van der Waals surface area contributed by atoms with Crippen molar-refractivity contribution in [2.75, 3.05) is 19.6 Å². The number of carbonyl (C=O) groups is 1. The lowest BCUT2D eigenvalue weighted by molar-refractivity contribution is -0.137. The molecule has 0 aromatic heterocycles. The van der Waals surface area contributed by atoms with Gasteiger partial charge in [-0.1, -0.05) is 20.3 Å². The first-order chi connectivity index (χ1) is 14.3. The SMILES string of the molecule is CC[N+](CC)=c1ccc2cc3c(oc-2c1)C=C(NCCCCCC(=O)O)CC3(C)C.[Cl-]. The number of carboxylic acids is 1. The van der Waals surface area contributed by atoms with Crippen molar-refractivity contribution in [3.63, 3.8) is 0 Å². The Morgan fingerprint density at radius 3 is 2.58 bits per heavy atom. The van der Waals surface area contributed by atoms with Crippen molar-refractivity contribution in [2.45, 2.75) is 65.2 Å². The first-order valence-corrected chi connectivity index (χ1v) is 11.2. The van der Waals surface area contributed by atoms with Crippen molar-refractivity contribution >= 4 is 12.0 Å². The van der Waals surface area contributed by atoms with Gasteiger partial charge < -0.3 is 27.2 Å². The lowest BCUT2D eigenvalue weighted by atomic mass is 9.76. The van der Waals surface area contributed by atoms with E-state index in [1.807, 2.05) is 0 Å². The molecule has 0 aromatic carbocycles. The molecule has 3 aliphatic rings. The van der Waals surface area contributed by atoms with Gasteiger partial charge in [-0.3, -0.25) is 4.79 Å². The summed E-state index contributed by atoms with van der Waals surface area (Å²) in [6, 6.07) is 8.77. The number of benzene rings is 1. The molecule has 0 fully saturated rings. The molecule has 0 aromatic rings. The molecule has 0 atom stereocenters. The third-order valence-corrected chi connectivity index (χ3v) is 6.00. The van der Waals surface area contributed by atoms with E-state index in [1.165, 1.54) is 16.6 Å². The molecule has 1 heterocycles. The van der Waals surface area contributed by atoms with Crippen LogP contribution in [0.4, 0.5) is 0 Å². The summed E-state index contributed by atoms with van der Waals surface area (Å²) in [5, 5.41) is 13.5. The minimum atomic E-state index is -0.714. The second-order valence-electron chi connectivity index (χ2n) is 8.78. The number of hydrogen-bond donors (Lipinski definition) is 2. The summed E-state index contributed by atoms with van der Waals surface area (Å²) >= 11 is 0. The van der Waals surface area contributed by atoms with Crippen molar-refractivity contribution in [3.8, 4) is 11.3 Å². The van der Waals surface area contributed by atoms with E-state index in [9.17, 15) is 4.79 Å². The zero-order chi connectivity index (χ0) is 21.7. The summed E-state index contributed by atoms with van der Waals surface area (Å²) in [5.41, 5.74) is 3.57. The van der Waals surface area contributed by atoms with Crippen LogP contribution in [0.25, 0.3) is 17.4 Å². The van der Waals surface area contributed by atoms with Crippen LogP contribution < -0.4 is 27.7 Å². The molecular weight excluding hydrogens is 412 g/mol. The Hall–Kier alpha value is -2.27. The number of rotatable bonds is 9. The molecule has 0 radical (unpaired) electrons. The standard InChI is InChI=1S/C25H34N2O3.ClH/c1-5-27(6-2)20-12-11-18-14-21-23(30-22(18)16-20)15-19(17-25(21,3)4)26-13-9-7-8-10-24(28)29;/h11-12,14-16H,5-10,13,17H2,1-4H3,(H,28,29);1H. The Labute approximate surface area is 191 Å². The van der Waals surface area contributed by atoms with Crippen LogP contribution in [0.2, 0.25) is 0 Å². The Kier molecular flexibility index (Phi) is 8.75. The fourth-order valence-corrected chi connectivity index (χ4v) is 4.27. The lowest BCUT2D eigenvalue weighted by Crippen LogP contribution is -3.00. The number of nitrogens with one attached hydrogen (secondary N) is 1. The molecule has 0 bridgehead atoms. The highest BCUT2D eigenvalue weighted by Crippen LogP contribution is 2.40. The molecule has 3 rings (SSSR count). The Morgan fingerprint density at radius 1 is 1.16 bits per heavy atom. The number of nitrogens with zero attached hydrogens (tertiary/aromatic N) is 1. The molecule has 6 heteroatoms. The molecular formula is C25H35ClN2O3. The van der Waals surface area contributed by atoms with Crippen molar-refractivity contribution in [1.29, 1.82) is 0 Å². The Bertz CT molecular complexity index is 969. The fraction of sp³-hybridized carbons (Fsp3) is 0.520. The molecule has 0 unspecified atom stereocenters. The van der Waals surface area contributed by atoms with Crippen LogP contribution in [-0.2, 0) is 10.2 Å². The number of hydrogen-bond acceptors (Lipinski definition) is 3. The molecule has 2 N–H and O–H groups in total. The third-order valence-electron chi connectivity index (χ3n) is 6.00. The normalized spacial score (nSPS) is 14.4. The van der Waals surface area contributed by atoms with Crippen LogP contribution in [0.5, 0.6) is 0 Å². The highest BCUT2D eigenvalue weighted by molar-refractivity contribution is 5.67. The zero-order valence-corrected chi connectivity index (χ0v) is 19.9. The maximum atomic E-state index is 10.6. The van der Waals surface area contributed by atoms with E-state index in [0.29, 0.717) is 0 Å². The number of halogens is 1. The van der Waals surface area contributed by atoms with Gasteiger partial charge in [0.2, 0.25) is 5.36 Å². The van der Waals surface area contributed by atoms with Gasteiger partial charge in [0.15, 0.2) is 0 Å². The van der Waals surface area contributed by atoms with E-state index in [4.69, 9.17) is 9.52 Å². The van der Waals surface area contributed by atoms with E-state index in [-0.39, 0.29) is 24.2 Å². The van der Waals surface area contributed by atoms with Gasteiger partial charge in [-0.2, -0.15) is 0 Å². The zero-order valence-electron chi connectivity index (χ0n) is 19.1. The first kappa shape index (κ1) is 25.0. The fourth-order valence-electron chi connectivity index (χ4n) is 4.27. The third kappa shape index (κ3) is 6.13. The van der Waals surface area contributed by atoms with Gasteiger partial charge in [0.05, 0.1) is 6.07 Å². The number of carboxylic acid groups (broad SMARTS) is 1. The second kappa shape index (κ2) is 10.9. The molecule has 170 valence electrons. The summed E-state index contributed by atoms with van der Waals surface area (Å²) < 4.78 is 8.72. The summed E-state index contributed by atoms with van der Waals surface area (Å²) in [6.07, 6.45) is 5.97. The lowest BCUT2D eigenvalue weighted by Gasteiger charge is -2.32.